The van der Waals surface area contributed by atoms with Crippen LogP contribution in [0.1, 0.15) is 63.9 Å². The Morgan fingerprint density at radius 1 is 0.826 bits per heavy atom. The van der Waals surface area contributed by atoms with Crippen LogP contribution in [0.3, 0.4) is 0 Å². The summed E-state index contributed by atoms with van der Waals surface area (Å²) in [5, 5.41) is 15.6. The summed E-state index contributed by atoms with van der Waals surface area (Å²) in [5.41, 5.74) is 2.52. The predicted molar refractivity (Wildman–Crippen MR) is 180 cm³/mol. The molecular weight excluding hydrogens is 604 g/mol. The highest BCUT2D eigenvalue weighted by molar-refractivity contribution is 6.30. The Morgan fingerprint density at radius 3 is 2.20 bits per heavy atom. The molecule has 0 bridgehead atoms. The average Bonchev–Trinajstić information content (AvgIpc) is 2.99. The molecule has 1 atom stereocenters. The van der Waals surface area contributed by atoms with E-state index in [2.05, 4.69) is 10.6 Å². The highest BCUT2D eigenvalue weighted by atomic mass is 35.5. The highest BCUT2D eigenvalue weighted by Crippen LogP contribution is 2.40. The molecule has 2 amide bonds. The van der Waals surface area contributed by atoms with E-state index in [4.69, 9.17) is 21.1 Å². The minimum absolute atomic E-state index is 0.225. The van der Waals surface area contributed by atoms with E-state index in [0.29, 0.717) is 27.6 Å². The Bertz CT molecular complexity index is 1730. The Hall–Kier alpha value is -4.82. The highest BCUT2D eigenvalue weighted by Gasteiger charge is 2.27. The molecule has 0 radical (unpaired) electrons. The van der Waals surface area contributed by atoms with Gasteiger partial charge in [-0.05, 0) is 99.7 Å². The van der Waals surface area contributed by atoms with E-state index in [0.717, 1.165) is 16.7 Å². The molecule has 0 aliphatic carbocycles. The summed E-state index contributed by atoms with van der Waals surface area (Å²) in [6.07, 6.45) is -0.318. The molecular formula is C37H39ClN2O6. The molecule has 0 aliphatic rings. The molecule has 0 heterocycles. The third-order valence-corrected chi connectivity index (χ3v) is 7.45. The van der Waals surface area contributed by atoms with Crippen molar-refractivity contribution in [2.24, 2.45) is 0 Å². The minimum atomic E-state index is -1.11. The lowest BCUT2D eigenvalue weighted by Crippen LogP contribution is -2.43. The van der Waals surface area contributed by atoms with E-state index >= 15 is 0 Å². The summed E-state index contributed by atoms with van der Waals surface area (Å²) < 4.78 is 11.9. The maximum Gasteiger partial charge on any atom is 0.408 e. The summed E-state index contributed by atoms with van der Waals surface area (Å²) in [6, 6.07) is 26.5. The fraction of sp³-hybridized carbons (Fsp3) is 0.270. The number of rotatable bonds is 10. The number of carboxylic acids is 1. The summed E-state index contributed by atoms with van der Waals surface area (Å²) in [5.74, 6) is -0.783. The number of hydrogen-bond acceptors (Lipinski definition) is 5. The second-order valence-corrected chi connectivity index (χ2v) is 12.9. The topological polar surface area (TPSA) is 114 Å². The van der Waals surface area contributed by atoms with Gasteiger partial charge < -0.3 is 25.2 Å². The van der Waals surface area contributed by atoms with E-state index in [9.17, 15) is 19.5 Å². The van der Waals surface area contributed by atoms with E-state index < -0.39 is 35.2 Å². The van der Waals surface area contributed by atoms with Crippen molar-refractivity contribution in [3.05, 3.63) is 107 Å². The molecule has 0 spiro atoms. The molecule has 1 unspecified atom stereocenters. The van der Waals surface area contributed by atoms with Gasteiger partial charge in [0.1, 0.15) is 23.1 Å². The van der Waals surface area contributed by atoms with Crippen LogP contribution in [-0.2, 0) is 15.1 Å². The number of amides is 2. The van der Waals surface area contributed by atoms with Gasteiger partial charge >= 0.3 is 12.1 Å². The minimum Gasteiger partial charge on any atom is -0.480 e. The number of nitrogens with one attached hydrogen (secondary N) is 2. The first-order valence-electron chi connectivity index (χ1n) is 15.0. The number of alkyl carbamates (subject to hydrolysis) is 1. The second-order valence-electron chi connectivity index (χ2n) is 12.4. The normalized spacial score (nSPS) is 12.2. The molecule has 4 aromatic carbocycles. The first-order valence-corrected chi connectivity index (χ1v) is 15.4. The molecule has 0 fully saturated rings. The van der Waals surface area contributed by atoms with Crippen LogP contribution in [0.5, 0.6) is 11.5 Å². The summed E-state index contributed by atoms with van der Waals surface area (Å²) >= 11 is 6.45. The van der Waals surface area contributed by atoms with Crippen LogP contribution in [0.2, 0.25) is 5.02 Å². The van der Waals surface area contributed by atoms with Gasteiger partial charge in [0.15, 0.2) is 0 Å². The number of hydrogen-bond donors (Lipinski definition) is 3. The lowest BCUT2D eigenvalue weighted by molar-refractivity contribution is -0.139. The van der Waals surface area contributed by atoms with Crippen LogP contribution in [0, 0.1) is 0 Å². The molecule has 4 rings (SSSR count). The van der Waals surface area contributed by atoms with Crippen molar-refractivity contribution in [2.45, 2.75) is 65.1 Å². The third-order valence-electron chi connectivity index (χ3n) is 7.21. The summed E-state index contributed by atoms with van der Waals surface area (Å²) in [4.78, 5) is 37.8. The predicted octanol–water partition coefficient (Wildman–Crippen LogP) is 8.82. The van der Waals surface area contributed by atoms with Gasteiger partial charge in [-0.1, -0.05) is 67.1 Å². The molecule has 3 N–H and O–H groups in total. The van der Waals surface area contributed by atoms with Crippen LogP contribution in [0.25, 0.3) is 22.3 Å². The van der Waals surface area contributed by atoms with Gasteiger partial charge in [0.25, 0.3) is 5.91 Å². The molecule has 240 valence electrons. The van der Waals surface area contributed by atoms with Crippen molar-refractivity contribution in [2.75, 3.05) is 0 Å². The number of carbonyl (C=O) groups is 3. The number of carboxylic acid groups (broad SMARTS) is 1. The van der Waals surface area contributed by atoms with Gasteiger partial charge in [-0.3, -0.25) is 4.79 Å². The van der Waals surface area contributed by atoms with Crippen LogP contribution in [0.4, 0.5) is 4.79 Å². The van der Waals surface area contributed by atoms with Crippen LogP contribution >= 0.6 is 11.6 Å². The first kappa shape index (κ1) is 34.1. The quantitative estimate of drug-likeness (QED) is 0.159. The largest absolute Gasteiger partial charge is 0.480 e. The van der Waals surface area contributed by atoms with Crippen molar-refractivity contribution < 1.29 is 29.0 Å². The van der Waals surface area contributed by atoms with Gasteiger partial charge in [-0.2, -0.15) is 0 Å². The monoisotopic (exact) mass is 642 g/mol. The van der Waals surface area contributed by atoms with Gasteiger partial charge in [-0.15, -0.1) is 0 Å². The Morgan fingerprint density at radius 2 is 1.54 bits per heavy atom. The lowest BCUT2D eigenvalue weighted by Gasteiger charge is -2.29. The Labute approximate surface area is 274 Å². The number of benzene rings is 4. The fourth-order valence-electron chi connectivity index (χ4n) is 4.86. The standard InChI is InChI=1S/C37H39ClN2O6/c1-7-31(34(42)43)39-33(41)29-18-16-24(23-12-9-8-10-13-23)20-30(29)28-19-17-26(38)22-32(28)45-27-15-11-14-25(21-27)37(5,6)40-35(44)46-36(2,3)4/h8-22,31H,7H2,1-6H3,(H,39,41)(H,40,44)(H,42,43). The van der Waals surface area contributed by atoms with E-state index in [-0.39, 0.29) is 12.0 Å². The van der Waals surface area contributed by atoms with E-state index in [1.807, 2.05) is 74.5 Å². The van der Waals surface area contributed by atoms with Gasteiger partial charge in [-0.25, -0.2) is 9.59 Å². The molecule has 46 heavy (non-hydrogen) atoms. The third kappa shape index (κ3) is 8.67. The zero-order valence-corrected chi connectivity index (χ0v) is 27.6. The number of aliphatic carboxylic acids is 1. The van der Waals surface area contributed by atoms with Gasteiger partial charge in [0.05, 0.1) is 5.54 Å². The first-order chi connectivity index (χ1) is 21.7. The van der Waals surface area contributed by atoms with Crippen molar-refractivity contribution >= 4 is 29.6 Å². The van der Waals surface area contributed by atoms with E-state index in [1.54, 1.807) is 58.0 Å². The Kier molecular flexibility index (Phi) is 10.4. The van der Waals surface area contributed by atoms with Crippen LogP contribution < -0.4 is 15.4 Å². The maximum absolute atomic E-state index is 13.5. The maximum atomic E-state index is 13.5. The Balaban J connectivity index is 1.77. The van der Waals surface area contributed by atoms with Crippen LogP contribution in [0.15, 0.2) is 91.0 Å². The molecule has 0 aliphatic heterocycles. The van der Waals surface area contributed by atoms with Gasteiger partial charge in [0, 0.05) is 22.2 Å². The van der Waals surface area contributed by atoms with E-state index in [1.165, 1.54) is 0 Å². The second kappa shape index (κ2) is 14.1. The summed E-state index contributed by atoms with van der Waals surface area (Å²) in [6.45, 7) is 10.8. The molecule has 0 saturated carbocycles. The summed E-state index contributed by atoms with van der Waals surface area (Å²) in [7, 11) is 0. The molecule has 9 heteroatoms. The van der Waals surface area contributed by atoms with Crippen molar-refractivity contribution in [1.82, 2.24) is 10.6 Å². The molecule has 8 nitrogen and oxygen atoms in total. The molecule has 0 saturated heterocycles. The number of carbonyl (C=O) groups excluding carboxylic acids is 2. The van der Waals surface area contributed by atoms with Crippen molar-refractivity contribution in [1.29, 1.82) is 0 Å². The molecule has 0 aromatic heterocycles. The van der Waals surface area contributed by atoms with Gasteiger partial charge in [0.2, 0.25) is 0 Å². The van der Waals surface area contributed by atoms with Crippen molar-refractivity contribution in [3.8, 4) is 33.8 Å². The fourth-order valence-corrected chi connectivity index (χ4v) is 5.02. The lowest BCUT2D eigenvalue weighted by atomic mass is 9.93. The zero-order chi connectivity index (χ0) is 33.6. The van der Waals surface area contributed by atoms with Crippen molar-refractivity contribution in [3.63, 3.8) is 0 Å². The SMILES string of the molecule is CCC(NC(=O)c1ccc(-c2ccccc2)cc1-c1ccc(Cl)cc1Oc1cccc(C(C)(C)NC(=O)OC(C)(C)C)c1)C(=O)O. The number of ether oxygens (including phenoxy) is 2. The van der Waals surface area contributed by atoms with Crippen LogP contribution in [-0.4, -0.2) is 34.7 Å². The average molecular weight is 643 g/mol. The smallest absolute Gasteiger partial charge is 0.408 e. The zero-order valence-electron chi connectivity index (χ0n) is 26.8. The molecule has 4 aromatic rings. The number of halogens is 1.